The first-order valence-electron chi connectivity index (χ1n) is 7.57. The van der Waals surface area contributed by atoms with Gasteiger partial charge in [0.15, 0.2) is 9.84 Å². The predicted molar refractivity (Wildman–Crippen MR) is 94.5 cm³/mol. The zero-order chi connectivity index (χ0) is 16.8. The minimum Gasteiger partial charge on any atom is -0.370 e. The van der Waals surface area contributed by atoms with E-state index in [-0.39, 0.29) is 5.92 Å². The molecule has 0 amide bonds. The fourth-order valence-corrected chi connectivity index (χ4v) is 4.16. The number of amidine groups is 1. The van der Waals surface area contributed by atoms with E-state index < -0.39 is 9.84 Å². The molecule has 7 heteroatoms. The van der Waals surface area contributed by atoms with E-state index in [4.69, 9.17) is 11.6 Å². The number of benzene rings is 1. The molecule has 0 radical (unpaired) electrons. The van der Waals surface area contributed by atoms with Gasteiger partial charge in [-0.05, 0) is 17.5 Å². The van der Waals surface area contributed by atoms with E-state index in [1.807, 2.05) is 16.7 Å². The number of hydrogen-bond donors (Lipinski definition) is 1. The van der Waals surface area contributed by atoms with Crippen molar-refractivity contribution in [1.29, 1.82) is 0 Å². The van der Waals surface area contributed by atoms with Crippen molar-refractivity contribution in [1.82, 2.24) is 9.88 Å². The summed E-state index contributed by atoms with van der Waals surface area (Å²) in [4.78, 5) is 4.72. The highest BCUT2D eigenvalue weighted by molar-refractivity contribution is 7.91. The van der Waals surface area contributed by atoms with Crippen LogP contribution in [0.1, 0.15) is 25.3 Å². The fraction of sp³-hybridized carbons (Fsp3) is 0.438. The Balaban J connectivity index is 2.31. The van der Waals surface area contributed by atoms with Crippen molar-refractivity contribution in [3.63, 3.8) is 0 Å². The summed E-state index contributed by atoms with van der Waals surface area (Å²) in [7, 11) is -3.35. The molecule has 0 fully saturated rings. The second kappa shape index (κ2) is 5.83. The maximum absolute atomic E-state index is 12.3. The van der Waals surface area contributed by atoms with Gasteiger partial charge in [-0.15, -0.1) is 0 Å². The van der Waals surface area contributed by atoms with E-state index in [9.17, 15) is 8.42 Å². The summed E-state index contributed by atoms with van der Waals surface area (Å²) in [6.45, 7) is 6.16. The lowest BCUT2D eigenvalue weighted by molar-refractivity contribution is 0.602. The van der Waals surface area contributed by atoms with E-state index >= 15 is 0 Å². The summed E-state index contributed by atoms with van der Waals surface area (Å²) >= 11 is 6.41. The quantitative estimate of drug-likeness (QED) is 0.919. The first kappa shape index (κ1) is 16.3. The van der Waals surface area contributed by atoms with Crippen LogP contribution in [-0.2, 0) is 16.4 Å². The number of fused-ring (bicyclic) bond motifs is 1. The van der Waals surface area contributed by atoms with Gasteiger partial charge in [0.25, 0.3) is 0 Å². The summed E-state index contributed by atoms with van der Waals surface area (Å²) < 4.78 is 26.4. The van der Waals surface area contributed by atoms with Crippen LogP contribution >= 0.6 is 11.6 Å². The molecule has 0 bridgehead atoms. The smallest absolute Gasteiger partial charge is 0.177 e. The van der Waals surface area contributed by atoms with E-state index in [0.717, 1.165) is 35.4 Å². The zero-order valence-corrected chi connectivity index (χ0v) is 15.0. The third kappa shape index (κ3) is 2.97. The van der Waals surface area contributed by atoms with Crippen LogP contribution in [0.15, 0.2) is 28.2 Å². The summed E-state index contributed by atoms with van der Waals surface area (Å²) in [6.07, 6.45) is 2.92. The Morgan fingerprint density at radius 1 is 1.39 bits per heavy atom. The molecule has 0 saturated heterocycles. The topological polar surface area (TPSA) is 63.5 Å². The lowest BCUT2D eigenvalue weighted by atomic mass is 9.99. The molecule has 0 aliphatic carbocycles. The molecule has 3 rings (SSSR count). The number of hydrogen-bond acceptors (Lipinski definition) is 4. The number of sulfone groups is 1. The second-order valence-corrected chi connectivity index (χ2v) is 8.55. The average molecular weight is 354 g/mol. The first-order valence-corrected chi connectivity index (χ1v) is 9.84. The molecule has 23 heavy (non-hydrogen) atoms. The Bertz CT molecular complexity index is 898. The molecule has 5 nitrogen and oxygen atoms in total. The summed E-state index contributed by atoms with van der Waals surface area (Å²) in [5, 5.41) is 4.50. The SMILES string of the molecule is CC(C)c1ccc(Cl)c2c1c(S(C)(=O)=O)cn2CC1=NCCN1. The zero-order valence-electron chi connectivity index (χ0n) is 13.4. The highest BCUT2D eigenvalue weighted by Gasteiger charge is 2.23. The minimum atomic E-state index is -3.35. The number of nitrogens with zero attached hydrogens (tertiary/aromatic N) is 2. The van der Waals surface area contributed by atoms with Crippen LogP contribution in [0.5, 0.6) is 0 Å². The highest BCUT2D eigenvalue weighted by atomic mass is 35.5. The van der Waals surface area contributed by atoms with E-state index in [1.165, 1.54) is 6.26 Å². The van der Waals surface area contributed by atoms with Crippen molar-refractivity contribution in [3.8, 4) is 0 Å². The van der Waals surface area contributed by atoms with Crippen molar-refractivity contribution in [3.05, 3.63) is 28.9 Å². The van der Waals surface area contributed by atoms with E-state index in [2.05, 4.69) is 24.2 Å². The van der Waals surface area contributed by atoms with Gasteiger partial charge in [-0.3, -0.25) is 4.99 Å². The fourth-order valence-electron chi connectivity index (χ4n) is 2.99. The first-order chi connectivity index (χ1) is 10.8. The number of aromatic nitrogens is 1. The van der Waals surface area contributed by atoms with Crippen LogP contribution in [0.2, 0.25) is 5.02 Å². The molecule has 2 aromatic rings. The standard InChI is InChI=1S/C16H20ClN3O2S/c1-10(2)11-4-5-12(17)16-15(11)13(23(3,21)22)8-20(16)9-14-18-6-7-19-14/h4-5,8,10H,6-7,9H2,1-3H3,(H,18,19). The molecule has 0 unspecified atom stereocenters. The van der Waals surface area contributed by atoms with Crippen LogP contribution in [0.3, 0.4) is 0 Å². The molecule has 0 spiro atoms. The number of aliphatic imine (C=N–C) groups is 1. The van der Waals surface area contributed by atoms with Gasteiger partial charge in [0, 0.05) is 24.4 Å². The van der Waals surface area contributed by atoms with Gasteiger partial charge in [0.2, 0.25) is 0 Å². The molecule has 1 N–H and O–H groups in total. The summed E-state index contributed by atoms with van der Waals surface area (Å²) in [6, 6.07) is 3.76. The van der Waals surface area contributed by atoms with Gasteiger partial charge in [-0.2, -0.15) is 0 Å². The molecule has 2 heterocycles. The molecule has 1 aromatic carbocycles. The van der Waals surface area contributed by atoms with Crippen LogP contribution in [-0.4, -0.2) is 38.2 Å². The van der Waals surface area contributed by atoms with Crippen LogP contribution in [0.25, 0.3) is 10.9 Å². The normalized spacial score (nSPS) is 15.3. The van der Waals surface area contributed by atoms with Crippen LogP contribution in [0, 0.1) is 0 Å². The van der Waals surface area contributed by atoms with Crippen molar-refractivity contribution < 1.29 is 8.42 Å². The molecule has 0 saturated carbocycles. The van der Waals surface area contributed by atoms with Crippen molar-refractivity contribution >= 4 is 38.2 Å². The molecule has 1 aliphatic heterocycles. The molecule has 124 valence electrons. The molecular weight excluding hydrogens is 334 g/mol. The Labute approximate surface area is 141 Å². The van der Waals surface area contributed by atoms with Gasteiger partial charge in [0.05, 0.1) is 28.5 Å². The van der Waals surface area contributed by atoms with Crippen molar-refractivity contribution in [2.24, 2.45) is 4.99 Å². The summed E-state index contributed by atoms with van der Waals surface area (Å²) in [5.41, 5.74) is 1.75. The van der Waals surface area contributed by atoms with E-state index in [0.29, 0.717) is 16.5 Å². The average Bonchev–Trinajstić information content (AvgIpc) is 3.07. The third-order valence-corrected chi connectivity index (χ3v) is 5.47. The van der Waals surface area contributed by atoms with E-state index in [1.54, 1.807) is 6.20 Å². The lowest BCUT2D eigenvalue weighted by Crippen LogP contribution is -2.23. The highest BCUT2D eigenvalue weighted by Crippen LogP contribution is 2.36. The Kier molecular flexibility index (Phi) is 4.14. The maximum atomic E-state index is 12.3. The van der Waals surface area contributed by atoms with Gasteiger partial charge in [-0.25, -0.2) is 8.42 Å². The molecular formula is C16H20ClN3O2S. The minimum absolute atomic E-state index is 0.202. The largest absolute Gasteiger partial charge is 0.370 e. The van der Waals surface area contributed by atoms with Crippen molar-refractivity contribution in [2.75, 3.05) is 19.3 Å². The number of nitrogens with one attached hydrogen (secondary N) is 1. The molecule has 0 atom stereocenters. The second-order valence-electron chi connectivity index (χ2n) is 6.16. The monoisotopic (exact) mass is 353 g/mol. The Morgan fingerprint density at radius 3 is 2.70 bits per heavy atom. The summed E-state index contributed by atoms with van der Waals surface area (Å²) in [5.74, 6) is 1.06. The van der Waals surface area contributed by atoms with Gasteiger partial charge >= 0.3 is 0 Å². The van der Waals surface area contributed by atoms with Crippen molar-refractivity contribution in [2.45, 2.75) is 31.2 Å². The van der Waals surface area contributed by atoms with Gasteiger partial charge in [0.1, 0.15) is 5.84 Å². The molecule has 1 aliphatic rings. The van der Waals surface area contributed by atoms with Gasteiger partial charge < -0.3 is 9.88 Å². The van der Waals surface area contributed by atoms with Gasteiger partial charge in [-0.1, -0.05) is 31.5 Å². The molecule has 1 aromatic heterocycles. The predicted octanol–water partition coefficient (Wildman–Crippen LogP) is 2.82. The maximum Gasteiger partial charge on any atom is 0.177 e. The Morgan fingerprint density at radius 2 is 2.13 bits per heavy atom. The Hall–Kier alpha value is -1.53. The lowest BCUT2D eigenvalue weighted by Gasteiger charge is -2.12. The number of halogens is 1. The van der Waals surface area contributed by atoms with Crippen LogP contribution in [0.4, 0.5) is 0 Å². The number of rotatable bonds is 4. The third-order valence-electron chi connectivity index (χ3n) is 4.05. The van der Waals surface area contributed by atoms with Crippen LogP contribution < -0.4 is 5.32 Å².